The third kappa shape index (κ3) is 10.7. The molecule has 0 radical (unpaired) electrons. The van der Waals surface area contributed by atoms with Crippen LogP contribution in [0.5, 0.6) is 0 Å². The molecule has 0 spiro atoms. The predicted octanol–water partition coefficient (Wildman–Crippen LogP) is 4.08. The molecule has 3 rings (SSSR count). The highest BCUT2D eigenvalue weighted by molar-refractivity contribution is 5.73. The minimum Gasteiger partial charge on any atom is -0.475 e. The average molecular weight is 500 g/mol. The Hall–Kier alpha value is -2.34. The van der Waals surface area contributed by atoms with Gasteiger partial charge in [0.2, 0.25) is 0 Å². The molecule has 1 aliphatic heterocycles. The second-order valence-corrected chi connectivity index (χ2v) is 8.46. The highest BCUT2D eigenvalue weighted by atomic mass is 19.4. The van der Waals surface area contributed by atoms with Crippen molar-refractivity contribution in [3.63, 3.8) is 0 Å². The van der Waals surface area contributed by atoms with E-state index < -0.39 is 24.3 Å². The first-order valence-corrected chi connectivity index (χ1v) is 10.7. The second-order valence-electron chi connectivity index (χ2n) is 8.46. The molecule has 12 heteroatoms. The summed E-state index contributed by atoms with van der Waals surface area (Å²) in [6.07, 6.45) is -3.55. The number of rotatable bonds is 3. The Morgan fingerprint density at radius 2 is 1.38 bits per heavy atom. The van der Waals surface area contributed by atoms with Gasteiger partial charge in [0, 0.05) is 12.6 Å². The molecule has 6 nitrogen and oxygen atoms in total. The van der Waals surface area contributed by atoms with E-state index in [0.717, 1.165) is 12.0 Å². The minimum atomic E-state index is -5.08. The van der Waals surface area contributed by atoms with Crippen LogP contribution in [0.2, 0.25) is 0 Å². The number of halogens is 6. The van der Waals surface area contributed by atoms with Crippen LogP contribution >= 0.6 is 0 Å². The summed E-state index contributed by atoms with van der Waals surface area (Å²) in [4.78, 5) is 22.9. The Kier molecular flexibility index (Phi) is 11.3. The maximum Gasteiger partial charge on any atom is 0.490 e. The van der Waals surface area contributed by atoms with Gasteiger partial charge in [0.15, 0.2) is 0 Å². The number of fused-ring (bicyclic) bond motifs is 1. The molecular weight excluding hydrogens is 470 g/mol. The summed E-state index contributed by atoms with van der Waals surface area (Å²) >= 11 is 0. The zero-order chi connectivity index (χ0) is 26.1. The molecule has 0 saturated carbocycles. The molecule has 1 saturated heterocycles. The van der Waals surface area contributed by atoms with E-state index in [-0.39, 0.29) is 0 Å². The third-order valence-electron chi connectivity index (χ3n) is 5.79. The lowest BCUT2D eigenvalue weighted by Gasteiger charge is -2.37. The lowest BCUT2D eigenvalue weighted by Crippen LogP contribution is -2.44. The maximum atomic E-state index is 10.6. The van der Waals surface area contributed by atoms with Gasteiger partial charge in [-0.25, -0.2) is 9.59 Å². The number of hydrogen-bond donors (Lipinski definition) is 2. The van der Waals surface area contributed by atoms with Gasteiger partial charge in [-0.3, -0.25) is 0 Å². The Morgan fingerprint density at radius 1 is 0.941 bits per heavy atom. The first-order valence-electron chi connectivity index (χ1n) is 10.7. The fourth-order valence-corrected chi connectivity index (χ4v) is 3.92. The normalized spacial score (nSPS) is 19.3. The lowest BCUT2D eigenvalue weighted by molar-refractivity contribution is -0.193. The van der Waals surface area contributed by atoms with Crippen LogP contribution in [0.4, 0.5) is 26.3 Å². The van der Waals surface area contributed by atoms with Crippen molar-refractivity contribution in [2.75, 3.05) is 33.7 Å². The first-order chi connectivity index (χ1) is 15.6. The first kappa shape index (κ1) is 29.7. The maximum absolute atomic E-state index is 10.6. The monoisotopic (exact) mass is 500 g/mol. The van der Waals surface area contributed by atoms with Crippen molar-refractivity contribution in [1.29, 1.82) is 0 Å². The number of carboxylic acid groups (broad SMARTS) is 2. The summed E-state index contributed by atoms with van der Waals surface area (Å²) in [6.45, 7) is 3.81. The van der Waals surface area contributed by atoms with Crippen LogP contribution < -0.4 is 0 Å². The Morgan fingerprint density at radius 3 is 1.82 bits per heavy atom. The molecule has 2 aliphatic rings. The van der Waals surface area contributed by atoms with Gasteiger partial charge in [-0.2, -0.15) is 26.3 Å². The van der Waals surface area contributed by atoms with Crippen molar-refractivity contribution in [2.45, 2.75) is 50.5 Å². The molecule has 1 heterocycles. The standard InChI is InChI=1S/C18H28N2.2C2HF3O2/c1-19-11-9-18(10-12-19)20(2)14-15-7-8-16-5-3-4-6-17(16)13-15;2*3-2(4,5)1(6)7/h3-6,15,18H,7-14H2,1-2H3;2*(H,6,7). The van der Waals surface area contributed by atoms with E-state index in [0.29, 0.717) is 0 Å². The smallest absolute Gasteiger partial charge is 0.475 e. The van der Waals surface area contributed by atoms with Crippen LogP contribution in [0.1, 0.15) is 30.4 Å². The van der Waals surface area contributed by atoms with Crippen molar-refractivity contribution >= 4 is 11.9 Å². The van der Waals surface area contributed by atoms with Gasteiger partial charge in [-0.05, 0) is 76.3 Å². The number of carbonyl (C=O) groups is 2. The highest BCUT2D eigenvalue weighted by Crippen LogP contribution is 2.27. The number of likely N-dealkylation sites (tertiary alicyclic amines) is 1. The molecule has 0 aromatic heterocycles. The lowest BCUT2D eigenvalue weighted by atomic mass is 9.83. The second kappa shape index (κ2) is 12.9. The number of hydrogen-bond acceptors (Lipinski definition) is 4. The van der Waals surface area contributed by atoms with Gasteiger partial charge in [0.25, 0.3) is 0 Å². The van der Waals surface area contributed by atoms with E-state index in [4.69, 9.17) is 19.8 Å². The molecule has 1 aliphatic carbocycles. The summed E-state index contributed by atoms with van der Waals surface area (Å²) in [5, 5.41) is 14.2. The van der Waals surface area contributed by atoms with Crippen LogP contribution in [-0.2, 0) is 22.4 Å². The Bertz CT molecular complexity index is 768. The van der Waals surface area contributed by atoms with Crippen molar-refractivity contribution < 1.29 is 46.1 Å². The SMILES string of the molecule is CN1CCC(N(C)CC2CCc3ccccc3C2)CC1.O=C(O)C(F)(F)F.O=C(O)C(F)(F)F. The molecule has 1 aromatic rings. The fourth-order valence-electron chi connectivity index (χ4n) is 3.92. The Labute approximate surface area is 194 Å². The van der Waals surface area contributed by atoms with E-state index in [1.165, 1.54) is 51.7 Å². The van der Waals surface area contributed by atoms with Crippen LogP contribution in [0.3, 0.4) is 0 Å². The van der Waals surface area contributed by atoms with Crippen LogP contribution in [0, 0.1) is 5.92 Å². The number of benzene rings is 1. The molecule has 1 aromatic carbocycles. The van der Waals surface area contributed by atoms with E-state index in [9.17, 15) is 26.3 Å². The van der Waals surface area contributed by atoms with E-state index in [1.807, 2.05) is 0 Å². The van der Waals surface area contributed by atoms with Gasteiger partial charge in [0.05, 0.1) is 0 Å². The van der Waals surface area contributed by atoms with Crippen LogP contribution in [0.15, 0.2) is 24.3 Å². The van der Waals surface area contributed by atoms with E-state index in [2.05, 4.69) is 48.2 Å². The van der Waals surface area contributed by atoms with E-state index >= 15 is 0 Å². The van der Waals surface area contributed by atoms with Crippen molar-refractivity contribution in [1.82, 2.24) is 9.80 Å². The summed E-state index contributed by atoms with van der Waals surface area (Å²) in [6, 6.07) is 9.83. The van der Waals surface area contributed by atoms with Crippen molar-refractivity contribution in [3.8, 4) is 0 Å². The molecule has 1 fully saturated rings. The highest BCUT2D eigenvalue weighted by Gasteiger charge is 2.38. The molecule has 34 heavy (non-hydrogen) atoms. The minimum absolute atomic E-state index is 0.809. The van der Waals surface area contributed by atoms with Gasteiger partial charge in [-0.1, -0.05) is 24.3 Å². The summed E-state index contributed by atoms with van der Waals surface area (Å²) in [5.41, 5.74) is 3.19. The molecular formula is C22H30F6N2O4. The summed E-state index contributed by atoms with van der Waals surface area (Å²) < 4.78 is 63.5. The van der Waals surface area contributed by atoms with Crippen LogP contribution in [-0.4, -0.2) is 84.1 Å². The van der Waals surface area contributed by atoms with Gasteiger partial charge >= 0.3 is 24.3 Å². The van der Waals surface area contributed by atoms with Crippen LogP contribution in [0.25, 0.3) is 0 Å². The molecule has 1 atom stereocenters. The van der Waals surface area contributed by atoms with Gasteiger partial charge < -0.3 is 20.0 Å². The number of aliphatic carboxylic acids is 2. The molecule has 0 bridgehead atoms. The quantitative estimate of drug-likeness (QED) is 0.609. The van der Waals surface area contributed by atoms with E-state index in [1.54, 1.807) is 11.1 Å². The molecule has 0 amide bonds. The zero-order valence-electron chi connectivity index (χ0n) is 19.0. The third-order valence-corrected chi connectivity index (χ3v) is 5.79. The number of piperidine rings is 1. The van der Waals surface area contributed by atoms with Gasteiger partial charge in [0.1, 0.15) is 0 Å². The van der Waals surface area contributed by atoms with Gasteiger partial charge in [-0.15, -0.1) is 0 Å². The van der Waals surface area contributed by atoms with Crippen molar-refractivity contribution in [3.05, 3.63) is 35.4 Å². The molecule has 1 unspecified atom stereocenters. The molecule has 194 valence electrons. The number of alkyl halides is 6. The molecule has 2 N–H and O–H groups in total. The fraction of sp³-hybridized carbons (Fsp3) is 0.636. The number of nitrogens with zero attached hydrogens (tertiary/aromatic N) is 2. The van der Waals surface area contributed by atoms with Crippen molar-refractivity contribution in [2.24, 2.45) is 5.92 Å². The number of aryl methyl sites for hydroxylation is 1. The zero-order valence-corrected chi connectivity index (χ0v) is 19.0. The Balaban J connectivity index is 0.000000343. The average Bonchev–Trinajstić information content (AvgIpc) is 2.73. The number of carboxylic acids is 2. The topological polar surface area (TPSA) is 81.1 Å². The largest absolute Gasteiger partial charge is 0.490 e. The predicted molar refractivity (Wildman–Crippen MR) is 112 cm³/mol. The summed E-state index contributed by atoms with van der Waals surface area (Å²) in [5.74, 6) is -4.66. The summed E-state index contributed by atoms with van der Waals surface area (Å²) in [7, 11) is 4.59.